The number of benzene rings is 2. The van der Waals surface area contributed by atoms with E-state index in [-0.39, 0.29) is 29.9 Å². The summed E-state index contributed by atoms with van der Waals surface area (Å²) in [4.78, 5) is 18.7. The number of aromatic nitrogens is 1. The second-order valence-corrected chi connectivity index (χ2v) is 9.39. The quantitative estimate of drug-likeness (QED) is 0.335. The molecule has 2 atom stereocenters. The number of piperidine rings is 1. The summed E-state index contributed by atoms with van der Waals surface area (Å²) >= 11 is 0. The van der Waals surface area contributed by atoms with Crippen molar-refractivity contribution < 1.29 is 35.9 Å². The predicted molar refractivity (Wildman–Crippen MR) is 128 cm³/mol. The zero-order valence-corrected chi connectivity index (χ0v) is 20.5. The van der Waals surface area contributed by atoms with Gasteiger partial charge in [-0.3, -0.25) is 9.78 Å². The first-order chi connectivity index (χ1) is 17.9. The molecule has 0 bridgehead atoms. The Kier molecular flexibility index (Phi) is 8.10. The van der Waals surface area contributed by atoms with Gasteiger partial charge in [-0.15, -0.1) is 0 Å². The Labute approximate surface area is 216 Å². The summed E-state index contributed by atoms with van der Waals surface area (Å²) in [5.74, 6) is -0.389. The zero-order chi connectivity index (χ0) is 27.5. The molecule has 4 rings (SSSR count). The molecule has 38 heavy (non-hydrogen) atoms. The van der Waals surface area contributed by atoms with Crippen LogP contribution in [0.3, 0.4) is 0 Å². The van der Waals surface area contributed by atoms with Gasteiger partial charge in [0.25, 0.3) is 0 Å². The molecular weight excluding hydrogens is 510 g/mol. The van der Waals surface area contributed by atoms with E-state index < -0.39 is 36.2 Å². The summed E-state index contributed by atoms with van der Waals surface area (Å²) in [5.41, 5.74) is -0.282. The number of alkyl halides is 6. The van der Waals surface area contributed by atoms with E-state index in [1.165, 1.54) is 0 Å². The largest absolute Gasteiger partial charge is 0.416 e. The maximum absolute atomic E-state index is 13.3. The molecule has 1 aliphatic rings. The molecule has 0 aliphatic carbocycles. The number of ether oxygens (including phenoxy) is 1. The summed E-state index contributed by atoms with van der Waals surface area (Å²) in [5, 5.41) is 0. The van der Waals surface area contributed by atoms with Gasteiger partial charge in [0.05, 0.1) is 30.3 Å². The van der Waals surface area contributed by atoms with Crippen molar-refractivity contribution in [1.29, 1.82) is 0 Å². The Morgan fingerprint density at radius 2 is 1.58 bits per heavy atom. The second kappa shape index (κ2) is 11.1. The monoisotopic (exact) mass is 536 g/mol. The molecule has 0 unspecified atom stereocenters. The molecule has 1 saturated heterocycles. The minimum atomic E-state index is -4.93. The highest BCUT2D eigenvalue weighted by molar-refractivity contribution is 5.79. The number of likely N-dealkylation sites (tertiary alicyclic amines) is 1. The van der Waals surface area contributed by atoms with Gasteiger partial charge in [-0.05, 0) is 65.9 Å². The third-order valence-electron chi connectivity index (χ3n) is 6.71. The molecule has 2 heterocycles. The van der Waals surface area contributed by atoms with Crippen molar-refractivity contribution in [3.63, 3.8) is 0 Å². The van der Waals surface area contributed by atoms with Crippen LogP contribution in [-0.4, -0.2) is 35.0 Å². The Bertz CT molecular complexity index is 1230. The van der Waals surface area contributed by atoms with Gasteiger partial charge < -0.3 is 9.64 Å². The average Bonchev–Trinajstić information content (AvgIpc) is 2.87. The van der Waals surface area contributed by atoms with Crippen molar-refractivity contribution in [2.75, 3.05) is 13.1 Å². The van der Waals surface area contributed by atoms with Crippen molar-refractivity contribution >= 4 is 5.91 Å². The van der Waals surface area contributed by atoms with Crippen LogP contribution in [0.2, 0.25) is 0 Å². The van der Waals surface area contributed by atoms with Crippen LogP contribution in [0.15, 0.2) is 67.0 Å². The Morgan fingerprint density at radius 1 is 0.947 bits per heavy atom. The van der Waals surface area contributed by atoms with Gasteiger partial charge in [0, 0.05) is 31.4 Å². The van der Waals surface area contributed by atoms with Crippen LogP contribution >= 0.6 is 0 Å². The lowest BCUT2D eigenvalue weighted by atomic mass is 9.85. The molecule has 1 amide bonds. The van der Waals surface area contributed by atoms with E-state index in [4.69, 9.17) is 4.74 Å². The molecule has 4 nitrogen and oxygen atoms in total. The van der Waals surface area contributed by atoms with Gasteiger partial charge in [0.2, 0.25) is 5.91 Å². The Balaban J connectivity index is 1.55. The van der Waals surface area contributed by atoms with Crippen molar-refractivity contribution in [3.05, 3.63) is 100 Å². The maximum Gasteiger partial charge on any atom is 0.416 e. The number of nitrogens with zero attached hydrogens (tertiary/aromatic N) is 2. The van der Waals surface area contributed by atoms with E-state index in [0.29, 0.717) is 31.6 Å². The van der Waals surface area contributed by atoms with E-state index in [1.54, 1.807) is 29.4 Å². The molecule has 3 aromatic rings. The molecule has 10 heteroatoms. The lowest BCUT2D eigenvalue weighted by Crippen LogP contribution is -2.46. The van der Waals surface area contributed by atoms with Crippen LogP contribution in [0.1, 0.15) is 45.7 Å². The predicted octanol–water partition coefficient (Wildman–Crippen LogP) is 6.57. The molecule has 0 radical (unpaired) electrons. The zero-order valence-electron chi connectivity index (χ0n) is 20.5. The van der Waals surface area contributed by atoms with Crippen molar-refractivity contribution in [2.45, 2.75) is 50.7 Å². The summed E-state index contributed by atoms with van der Waals surface area (Å²) in [6, 6.07) is 12.5. The van der Waals surface area contributed by atoms with Crippen LogP contribution < -0.4 is 0 Å². The second-order valence-electron chi connectivity index (χ2n) is 9.39. The van der Waals surface area contributed by atoms with Crippen molar-refractivity contribution in [3.8, 4) is 0 Å². The number of amides is 1. The third kappa shape index (κ3) is 6.72. The summed E-state index contributed by atoms with van der Waals surface area (Å²) < 4.78 is 85.7. The van der Waals surface area contributed by atoms with Gasteiger partial charge in [0.15, 0.2) is 0 Å². The van der Waals surface area contributed by atoms with Crippen LogP contribution in [0.4, 0.5) is 26.3 Å². The van der Waals surface area contributed by atoms with E-state index in [1.807, 2.05) is 31.2 Å². The standard InChI is InChI=1S/C28H26F6N2O2/c1-18-4-2-3-5-23(18)24-16-36(26(37)14-19-6-9-35-10-7-19)11-8-25(24)38-17-20-12-21(27(29,30)31)15-22(13-20)28(32,33)34/h2-7,9-10,12-13,15,24-25H,8,11,14,16-17H2,1H3/t24-,25-/m0/s1. The highest BCUT2D eigenvalue weighted by Crippen LogP contribution is 2.37. The summed E-state index contributed by atoms with van der Waals surface area (Å²) in [6.45, 7) is 2.15. The number of carbonyl (C=O) groups excluding carboxylic acids is 1. The van der Waals surface area contributed by atoms with Crippen LogP contribution in [0.5, 0.6) is 0 Å². The van der Waals surface area contributed by atoms with Gasteiger partial charge in [-0.25, -0.2) is 0 Å². The highest BCUT2D eigenvalue weighted by Gasteiger charge is 2.38. The number of hydrogen-bond donors (Lipinski definition) is 0. The molecule has 202 valence electrons. The minimum absolute atomic E-state index is 0.0825. The molecule has 1 aliphatic heterocycles. The van der Waals surface area contributed by atoms with Gasteiger partial charge in [-0.2, -0.15) is 26.3 Å². The topological polar surface area (TPSA) is 42.4 Å². The third-order valence-corrected chi connectivity index (χ3v) is 6.71. The SMILES string of the molecule is Cc1ccccc1[C@@H]1CN(C(=O)Cc2ccncc2)CC[C@@H]1OCc1cc(C(F)(F)F)cc(C(F)(F)F)c1. The maximum atomic E-state index is 13.3. The summed E-state index contributed by atoms with van der Waals surface area (Å²) in [6.07, 6.45) is -6.58. The minimum Gasteiger partial charge on any atom is -0.373 e. The van der Waals surface area contributed by atoms with E-state index >= 15 is 0 Å². The van der Waals surface area contributed by atoms with Crippen LogP contribution in [-0.2, 0) is 34.9 Å². The average molecular weight is 537 g/mol. The molecule has 0 saturated carbocycles. The van der Waals surface area contributed by atoms with Gasteiger partial charge >= 0.3 is 12.4 Å². The normalized spacial score (nSPS) is 18.4. The van der Waals surface area contributed by atoms with Crippen molar-refractivity contribution in [1.82, 2.24) is 9.88 Å². The number of aryl methyl sites for hydroxylation is 1. The molecule has 1 fully saturated rings. The fourth-order valence-electron chi connectivity index (χ4n) is 4.75. The molecule has 0 spiro atoms. The molecular formula is C28H26F6N2O2. The Hall–Kier alpha value is -3.40. The fraction of sp³-hybridized carbons (Fsp3) is 0.357. The fourth-order valence-corrected chi connectivity index (χ4v) is 4.75. The first kappa shape index (κ1) is 27.6. The first-order valence-electron chi connectivity index (χ1n) is 12.0. The molecule has 1 aromatic heterocycles. The van der Waals surface area contributed by atoms with E-state index in [2.05, 4.69) is 4.98 Å². The number of halogens is 6. The van der Waals surface area contributed by atoms with Gasteiger partial charge in [-0.1, -0.05) is 24.3 Å². The lowest BCUT2D eigenvalue weighted by Gasteiger charge is -2.39. The smallest absolute Gasteiger partial charge is 0.373 e. The van der Waals surface area contributed by atoms with E-state index in [9.17, 15) is 31.1 Å². The van der Waals surface area contributed by atoms with Crippen LogP contribution in [0, 0.1) is 6.92 Å². The summed E-state index contributed by atoms with van der Waals surface area (Å²) in [7, 11) is 0. The van der Waals surface area contributed by atoms with Crippen molar-refractivity contribution in [2.24, 2.45) is 0 Å². The number of carbonyl (C=O) groups is 1. The van der Waals surface area contributed by atoms with E-state index in [0.717, 1.165) is 16.7 Å². The van der Waals surface area contributed by atoms with Crippen LogP contribution in [0.25, 0.3) is 0 Å². The number of rotatable bonds is 6. The Morgan fingerprint density at radius 3 is 2.18 bits per heavy atom. The molecule has 0 N–H and O–H groups in total. The first-order valence-corrected chi connectivity index (χ1v) is 12.0. The van der Waals surface area contributed by atoms with Gasteiger partial charge in [0.1, 0.15) is 0 Å². The number of hydrogen-bond acceptors (Lipinski definition) is 3. The molecule has 2 aromatic carbocycles. The highest BCUT2D eigenvalue weighted by atomic mass is 19.4. The lowest BCUT2D eigenvalue weighted by molar-refractivity contribution is -0.143. The number of pyridine rings is 1.